The zero-order valence-corrected chi connectivity index (χ0v) is 8.60. The molecule has 1 fully saturated rings. The van der Waals surface area contributed by atoms with Gasteiger partial charge in [-0.25, -0.2) is 0 Å². The van der Waals surface area contributed by atoms with E-state index in [9.17, 15) is 4.79 Å². The highest BCUT2D eigenvalue weighted by Crippen LogP contribution is 2.08. The number of nitrogens with one attached hydrogen (secondary N) is 2. The summed E-state index contributed by atoms with van der Waals surface area (Å²) in [7, 11) is 0. The topological polar surface area (TPSA) is 41.1 Å². The number of carbonyl (C=O) groups excluding carboxylic acids is 1. The van der Waals surface area contributed by atoms with Gasteiger partial charge in [-0.15, -0.1) is 0 Å². The van der Waals surface area contributed by atoms with Crippen molar-refractivity contribution >= 4 is 5.91 Å². The maximum absolute atomic E-state index is 11.1. The summed E-state index contributed by atoms with van der Waals surface area (Å²) in [6, 6.07) is 0.718. The van der Waals surface area contributed by atoms with E-state index in [1.165, 1.54) is 19.4 Å². The van der Waals surface area contributed by atoms with Crippen molar-refractivity contribution in [3.63, 3.8) is 0 Å². The zero-order chi connectivity index (χ0) is 9.68. The lowest BCUT2D eigenvalue weighted by Gasteiger charge is -2.27. The summed E-state index contributed by atoms with van der Waals surface area (Å²) in [5, 5.41) is 6.26. The fourth-order valence-electron chi connectivity index (χ4n) is 1.36. The van der Waals surface area contributed by atoms with E-state index in [4.69, 9.17) is 0 Å². The van der Waals surface area contributed by atoms with Crippen LogP contribution in [0, 0.1) is 5.92 Å². The average Bonchev–Trinajstić information content (AvgIpc) is 2.00. The highest BCUT2D eigenvalue weighted by Gasteiger charge is 2.15. The molecule has 1 aliphatic rings. The van der Waals surface area contributed by atoms with Crippen molar-refractivity contribution in [1.82, 2.24) is 10.6 Å². The molecule has 0 spiro atoms. The number of rotatable bonds is 5. The van der Waals surface area contributed by atoms with Gasteiger partial charge in [0.05, 0.1) is 0 Å². The van der Waals surface area contributed by atoms with Crippen LogP contribution in [-0.4, -0.2) is 25.0 Å². The summed E-state index contributed by atoms with van der Waals surface area (Å²) in [4.78, 5) is 11.1. The number of amides is 1. The molecule has 1 heterocycles. The summed E-state index contributed by atoms with van der Waals surface area (Å²) >= 11 is 0. The normalized spacial score (nSPS) is 21.3. The van der Waals surface area contributed by atoms with E-state index in [0.29, 0.717) is 0 Å². The molecule has 1 aliphatic heterocycles. The first-order chi connectivity index (χ1) is 6.20. The van der Waals surface area contributed by atoms with Gasteiger partial charge in [0.1, 0.15) is 0 Å². The van der Waals surface area contributed by atoms with E-state index in [0.717, 1.165) is 19.0 Å². The maximum Gasteiger partial charge on any atom is 0.222 e. The van der Waals surface area contributed by atoms with E-state index in [1.54, 1.807) is 0 Å². The van der Waals surface area contributed by atoms with Gasteiger partial charge < -0.3 is 10.6 Å². The van der Waals surface area contributed by atoms with Crippen LogP contribution in [-0.2, 0) is 4.79 Å². The van der Waals surface area contributed by atoms with Crippen molar-refractivity contribution in [2.24, 2.45) is 5.92 Å². The molecule has 1 saturated heterocycles. The quantitative estimate of drug-likeness (QED) is 0.623. The molecular formula is C10H20N2O. The predicted octanol–water partition coefficient (Wildman–Crippen LogP) is 0.901. The molecule has 0 aromatic carbocycles. The van der Waals surface area contributed by atoms with E-state index < -0.39 is 0 Å². The van der Waals surface area contributed by atoms with Gasteiger partial charge in [-0.3, -0.25) is 4.79 Å². The summed E-state index contributed by atoms with van der Waals surface area (Å²) in [6.07, 6.45) is 3.59. The van der Waals surface area contributed by atoms with Crippen LogP contribution in [0.25, 0.3) is 0 Å². The zero-order valence-electron chi connectivity index (χ0n) is 8.60. The summed E-state index contributed by atoms with van der Waals surface area (Å²) < 4.78 is 0. The Bertz CT molecular complexity index is 164. The van der Waals surface area contributed by atoms with E-state index >= 15 is 0 Å². The molecule has 0 saturated carbocycles. The molecule has 2 N–H and O–H groups in total. The SMILES string of the molecule is CC(C)C(=O)NCCCC1CCN1. The minimum Gasteiger partial charge on any atom is -0.356 e. The second-order valence-corrected chi connectivity index (χ2v) is 4.03. The third-order valence-corrected chi connectivity index (χ3v) is 2.48. The summed E-state index contributed by atoms with van der Waals surface area (Å²) in [5.74, 6) is 0.281. The molecule has 1 unspecified atom stereocenters. The average molecular weight is 184 g/mol. The van der Waals surface area contributed by atoms with Crippen molar-refractivity contribution in [2.45, 2.75) is 39.2 Å². The van der Waals surface area contributed by atoms with Gasteiger partial charge in [0.2, 0.25) is 5.91 Å². The van der Waals surface area contributed by atoms with Crippen LogP contribution in [0.5, 0.6) is 0 Å². The molecule has 3 heteroatoms. The molecule has 1 rings (SSSR count). The smallest absolute Gasteiger partial charge is 0.222 e. The van der Waals surface area contributed by atoms with Crippen LogP contribution in [0.2, 0.25) is 0 Å². The molecule has 76 valence electrons. The molecule has 0 aliphatic carbocycles. The lowest BCUT2D eigenvalue weighted by Crippen LogP contribution is -2.43. The van der Waals surface area contributed by atoms with Crippen molar-refractivity contribution in [1.29, 1.82) is 0 Å². The fourth-order valence-corrected chi connectivity index (χ4v) is 1.36. The van der Waals surface area contributed by atoms with Crippen LogP contribution in [0.1, 0.15) is 33.1 Å². The molecule has 13 heavy (non-hydrogen) atoms. The maximum atomic E-state index is 11.1. The first-order valence-electron chi connectivity index (χ1n) is 5.21. The number of carbonyl (C=O) groups is 1. The molecule has 1 atom stereocenters. The van der Waals surface area contributed by atoms with Gasteiger partial charge in [-0.05, 0) is 25.8 Å². The van der Waals surface area contributed by atoms with Crippen molar-refractivity contribution in [3.8, 4) is 0 Å². The second-order valence-electron chi connectivity index (χ2n) is 4.03. The first-order valence-corrected chi connectivity index (χ1v) is 5.21. The van der Waals surface area contributed by atoms with Crippen LogP contribution >= 0.6 is 0 Å². The van der Waals surface area contributed by atoms with Crippen molar-refractivity contribution in [3.05, 3.63) is 0 Å². The van der Waals surface area contributed by atoms with Gasteiger partial charge in [-0.2, -0.15) is 0 Å². The van der Waals surface area contributed by atoms with Gasteiger partial charge in [0, 0.05) is 18.5 Å². The van der Waals surface area contributed by atoms with E-state index in [2.05, 4.69) is 10.6 Å². The van der Waals surface area contributed by atoms with Gasteiger partial charge in [0.15, 0.2) is 0 Å². The fraction of sp³-hybridized carbons (Fsp3) is 0.900. The van der Waals surface area contributed by atoms with E-state index in [1.807, 2.05) is 13.8 Å². The largest absolute Gasteiger partial charge is 0.356 e. The Balaban J connectivity index is 1.91. The third kappa shape index (κ3) is 3.77. The third-order valence-electron chi connectivity index (χ3n) is 2.48. The molecule has 0 radical (unpaired) electrons. The summed E-state index contributed by atoms with van der Waals surface area (Å²) in [5.41, 5.74) is 0. The summed E-state index contributed by atoms with van der Waals surface area (Å²) in [6.45, 7) is 5.84. The Morgan fingerprint density at radius 2 is 2.31 bits per heavy atom. The Kier molecular flexibility index (Phi) is 4.22. The van der Waals surface area contributed by atoms with Gasteiger partial charge in [0.25, 0.3) is 0 Å². The molecule has 0 aromatic heterocycles. The van der Waals surface area contributed by atoms with Gasteiger partial charge >= 0.3 is 0 Å². The van der Waals surface area contributed by atoms with Crippen LogP contribution in [0.15, 0.2) is 0 Å². The highest BCUT2D eigenvalue weighted by molar-refractivity contribution is 5.77. The highest BCUT2D eigenvalue weighted by atomic mass is 16.1. The number of hydrogen-bond donors (Lipinski definition) is 2. The van der Waals surface area contributed by atoms with Crippen molar-refractivity contribution < 1.29 is 4.79 Å². The standard InChI is InChI=1S/C10H20N2O/c1-8(2)10(13)12-6-3-4-9-5-7-11-9/h8-9,11H,3-7H2,1-2H3,(H,12,13). The number of hydrogen-bond acceptors (Lipinski definition) is 2. The van der Waals surface area contributed by atoms with Crippen LogP contribution in [0.4, 0.5) is 0 Å². The van der Waals surface area contributed by atoms with E-state index in [-0.39, 0.29) is 11.8 Å². The molecule has 0 aromatic rings. The van der Waals surface area contributed by atoms with Gasteiger partial charge in [-0.1, -0.05) is 13.8 Å². The second kappa shape index (κ2) is 5.22. The monoisotopic (exact) mass is 184 g/mol. The minimum absolute atomic E-state index is 0.113. The van der Waals surface area contributed by atoms with Crippen LogP contribution < -0.4 is 10.6 Å². The Morgan fingerprint density at radius 1 is 1.62 bits per heavy atom. The van der Waals surface area contributed by atoms with Crippen LogP contribution in [0.3, 0.4) is 0 Å². The lowest BCUT2D eigenvalue weighted by molar-refractivity contribution is -0.123. The van der Waals surface area contributed by atoms with Crippen molar-refractivity contribution in [2.75, 3.05) is 13.1 Å². The molecule has 1 amide bonds. The molecule has 3 nitrogen and oxygen atoms in total. The Labute approximate surface area is 80.3 Å². The molecular weight excluding hydrogens is 164 g/mol. The predicted molar refractivity (Wildman–Crippen MR) is 53.5 cm³/mol. The Morgan fingerprint density at radius 3 is 2.77 bits per heavy atom. The Hall–Kier alpha value is -0.570. The molecule has 0 bridgehead atoms. The first kappa shape index (κ1) is 10.5. The lowest BCUT2D eigenvalue weighted by atomic mass is 10.0. The minimum atomic E-state index is 0.113.